The highest BCUT2D eigenvalue weighted by Gasteiger charge is 2.13. The van der Waals surface area contributed by atoms with Gasteiger partial charge in [-0.25, -0.2) is 0 Å². The third-order valence-corrected chi connectivity index (χ3v) is 1.69. The van der Waals surface area contributed by atoms with Crippen molar-refractivity contribution in [2.24, 2.45) is 5.73 Å². The molecule has 1 aliphatic heterocycles. The largest absolute Gasteiger partial charge is 0.386 e. The first-order chi connectivity index (χ1) is 4.30. The van der Waals surface area contributed by atoms with Crippen LogP contribution in [0.2, 0.25) is 0 Å². The second kappa shape index (κ2) is 2.82. The molecule has 0 spiro atoms. The molecule has 3 heteroatoms. The molecular formula is C6H13N3. The van der Waals surface area contributed by atoms with Gasteiger partial charge in [0.2, 0.25) is 0 Å². The molecule has 1 heterocycles. The van der Waals surface area contributed by atoms with Crippen molar-refractivity contribution in [2.45, 2.75) is 25.3 Å². The summed E-state index contributed by atoms with van der Waals surface area (Å²) in [7, 11) is 0. The van der Waals surface area contributed by atoms with Gasteiger partial charge in [-0.2, -0.15) is 0 Å². The van der Waals surface area contributed by atoms with E-state index in [-0.39, 0.29) is 11.9 Å². The molecule has 0 saturated carbocycles. The number of rotatable bonds is 1. The molecule has 1 atom stereocenters. The summed E-state index contributed by atoms with van der Waals surface area (Å²) in [6.45, 7) is 1.02. The van der Waals surface area contributed by atoms with Crippen molar-refractivity contribution in [3.8, 4) is 0 Å². The van der Waals surface area contributed by atoms with Gasteiger partial charge >= 0.3 is 0 Å². The third-order valence-electron chi connectivity index (χ3n) is 1.69. The summed E-state index contributed by atoms with van der Waals surface area (Å²) in [5.74, 6) is 0.287. The number of hydrogen-bond acceptors (Lipinski definition) is 2. The molecule has 0 aromatic heterocycles. The summed E-state index contributed by atoms with van der Waals surface area (Å²) in [6, 6.07) is 0.166. The molecule has 0 radical (unpaired) electrons. The van der Waals surface area contributed by atoms with Gasteiger partial charge in [0.1, 0.15) is 5.84 Å². The Bertz CT molecular complexity index is 105. The fourth-order valence-electron chi connectivity index (χ4n) is 1.12. The van der Waals surface area contributed by atoms with Crippen molar-refractivity contribution in [3.63, 3.8) is 0 Å². The Morgan fingerprint density at radius 2 is 2.33 bits per heavy atom. The van der Waals surface area contributed by atoms with E-state index in [1.54, 1.807) is 0 Å². The van der Waals surface area contributed by atoms with E-state index in [1.165, 1.54) is 12.8 Å². The van der Waals surface area contributed by atoms with Gasteiger partial charge in [0.25, 0.3) is 0 Å². The van der Waals surface area contributed by atoms with Crippen LogP contribution in [0.4, 0.5) is 0 Å². The molecule has 0 aromatic rings. The van der Waals surface area contributed by atoms with E-state index in [1.807, 2.05) is 0 Å². The lowest BCUT2D eigenvalue weighted by Gasteiger charge is -2.21. The Hall–Kier alpha value is -0.570. The highest BCUT2D eigenvalue weighted by Crippen LogP contribution is 2.05. The number of amidine groups is 1. The molecule has 52 valence electrons. The second-order valence-corrected chi connectivity index (χ2v) is 2.46. The van der Waals surface area contributed by atoms with Crippen LogP contribution in [0.1, 0.15) is 19.3 Å². The third kappa shape index (κ3) is 1.68. The van der Waals surface area contributed by atoms with Crippen LogP contribution in [0.25, 0.3) is 0 Å². The Kier molecular flexibility index (Phi) is 2.05. The Labute approximate surface area is 55.1 Å². The second-order valence-electron chi connectivity index (χ2n) is 2.46. The summed E-state index contributed by atoms with van der Waals surface area (Å²) < 4.78 is 0. The van der Waals surface area contributed by atoms with Crippen LogP contribution in [0.5, 0.6) is 0 Å². The molecule has 1 rings (SSSR count). The van der Waals surface area contributed by atoms with E-state index in [4.69, 9.17) is 11.1 Å². The van der Waals surface area contributed by atoms with Crippen LogP contribution in [0, 0.1) is 5.41 Å². The fourth-order valence-corrected chi connectivity index (χ4v) is 1.12. The number of nitrogens with two attached hydrogens (primary N) is 1. The van der Waals surface area contributed by atoms with E-state index < -0.39 is 0 Å². The van der Waals surface area contributed by atoms with Gasteiger partial charge in [-0.3, -0.25) is 5.41 Å². The molecule has 0 aliphatic carbocycles. The number of piperidine rings is 1. The van der Waals surface area contributed by atoms with E-state index in [0.29, 0.717) is 0 Å². The van der Waals surface area contributed by atoms with Gasteiger partial charge in [-0.15, -0.1) is 0 Å². The van der Waals surface area contributed by atoms with E-state index in [2.05, 4.69) is 5.32 Å². The predicted molar refractivity (Wildman–Crippen MR) is 37.6 cm³/mol. The van der Waals surface area contributed by atoms with Gasteiger partial charge in [0.05, 0.1) is 6.04 Å². The number of hydrogen-bond donors (Lipinski definition) is 3. The Balaban J connectivity index is 2.31. The predicted octanol–water partition coefficient (Wildman–Crippen LogP) is 0.0645. The van der Waals surface area contributed by atoms with Crippen LogP contribution < -0.4 is 11.1 Å². The molecule has 1 saturated heterocycles. The standard InChI is InChI=1S/C6H13N3/c7-6(8)5-3-1-2-4-9-5/h5,9H,1-4H2,(H3,7,8)/t5-/m0/s1. The van der Waals surface area contributed by atoms with Gasteiger partial charge in [0, 0.05) is 0 Å². The molecule has 1 aliphatic rings. The van der Waals surface area contributed by atoms with Crippen molar-refractivity contribution in [2.75, 3.05) is 6.54 Å². The molecule has 0 unspecified atom stereocenters. The van der Waals surface area contributed by atoms with E-state index >= 15 is 0 Å². The summed E-state index contributed by atoms with van der Waals surface area (Å²) >= 11 is 0. The minimum Gasteiger partial charge on any atom is -0.386 e. The molecule has 1 fully saturated rings. The first kappa shape index (κ1) is 6.55. The minimum absolute atomic E-state index is 0.166. The van der Waals surface area contributed by atoms with Crippen molar-refractivity contribution in [1.29, 1.82) is 5.41 Å². The zero-order chi connectivity index (χ0) is 6.69. The normalized spacial score (nSPS) is 27.8. The molecule has 0 aromatic carbocycles. The number of nitrogens with one attached hydrogen (secondary N) is 2. The summed E-state index contributed by atoms with van der Waals surface area (Å²) in [4.78, 5) is 0. The smallest absolute Gasteiger partial charge is 0.108 e. The summed E-state index contributed by atoms with van der Waals surface area (Å²) in [5, 5.41) is 10.3. The molecular weight excluding hydrogens is 114 g/mol. The Morgan fingerprint density at radius 3 is 2.67 bits per heavy atom. The first-order valence-electron chi connectivity index (χ1n) is 3.38. The SMILES string of the molecule is N=C(N)[C@@H]1CCCCN1. The van der Waals surface area contributed by atoms with Crippen LogP contribution in [-0.4, -0.2) is 18.4 Å². The van der Waals surface area contributed by atoms with Crippen molar-refractivity contribution >= 4 is 5.84 Å². The van der Waals surface area contributed by atoms with E-state index in [9.17, 15) is 0 Å². The quantitative estimate of drug-likeness (QED) is 0.344. The topological polar surface area (TPSA) is 61.9 Å². The first-order valence-corrected chi connectivity index (χ1v) is 3.38. The van der Waals surface area contributed by atoms with Gasteiger partial charge < -0.3 is 11.1 Å². The van der Waals surface area contributed by atoms with E-state index in [0.717, 1.165) is 13.0 Å². The molecule has 4 N–H and O–H groups in total. The van der Waals surface area contributed by atoms with Crippen LogP contribution in [0.15, 0.2) is 0 Å². The highest BCUT2D eigenvalue weighted by atomic mass is 15.0. The van der Waals surface area contributed by atoms with Gasteiger partial charge in [-0.1, -0.05) is 6.42 Å². The van der Waals surface area contributed by atoms with Crippen LogP contribution in [-0.2, 0) is 0 Å². The molecule has 3 nitrogen and oxygen atoms in total. The van der Waals surface area contributed by atoms with Crippen LogP contribution in [0.3, 0.4) is 0 Å². The van der Waals surface area contributed by atoms with Crippen molar-refractivity contribution < 1.29 is 0 Å². The molecule has 9 heavy (non-hydrogen) atoms. The molecule has 0 bridgehead atoms. The highest BCUT2D eigenvalue weighted by molar-refractivity contribution is 5.82. The summed E-state index contributed by atoms with van der Waals surface area (Å²) in [5.41, 5.74) is 5.29. The van der Waals surface area contributed by atoms with Gasteiger partial charge in [-0.05, 0) is 19.4 Å². The maximum Gasteiger partial charge on any atom is 0.108 e. The molecule has 0 amide bonds. The lowest BCUT2D eigenvalue weighted by Crippen LogP contribution is -2.43. The monoisotopic (exact) mass is 127 g/mol. The summed E-state index contributed by atoms with van der Waals surface area (Å²) in [6.07, 6.45) is 3.47. The minimum atomic E-state index is 0.166. The zero-order valence-electron chi connectivity index (χ0n) is 5.48. The maximum absolute atomic E-state index is 7.10. The average molecular weight is 127 g/mol. The average Bonchev–Trinajstić information content (AvgIpc) is 1.90. The Morgan fingerprint density at radius 1 is 1.56 bits per heavy atom. The lowest BCUT2D eigenvalue weighted by molar-refractivity contribution is 0.468. The van der Waals surface area contributed by atoms with Crippen molar-refractivity contribution in [1.82, 2.24) is 5.32 Å². The van der Waals surface area contributed by atoms with Crippen LogP contribution >= 0.6 is 0 Å². The maximum atomic E-state index is 7.10. The lowest BCUT2D eigenvalue weighted by atomic mass is 10.0. The van der Waals surface area contributed by atoms with Gasteiger partial charge in [0.15, 0.2) is 0 Å². The zero-order valence-corrected chi connectivity index (χ0v) is 5.48. The fraction of sp³-hybridized carbons (Fsp3) is 0.833. The van der Waals surface area contributed by atoms with Crippen molar-refractivity contribution in [3.05, 3.63) is 0 Å².